The molecule has 6 nitrogen and oxygen atoms in total. The second-order valence-corrected chi connectivity index (χ2v) is 8.18. The van der Waals surface area contributed by atoms with E-state index >= 15 is 0 Å². The third-order valence-corrected chi connectivity index (χ3v) is 5.42. The minimum atomic E-state index is -3.78. The lowest BCUT2D eigenvalue weighted by Crippen LogP contribution is -2.45. The second kappa shape index (κ2) is 6.78. The molecule has 0 aliphatic carbocycles. The molecule has 1 aliphatic heterocycles. The lowest BCUT2D eigenvalue weighted by Gasteiger charge is -2.31. The molecule has 1 heterocycles. The van der Waals surface area contributed by atoms with Crippen LogP contribution in [0, 0.1) is 6.92 Å². The van der Waals surface area contributed by atoms with E-state index in [-0.39, 0.29) is 16.3 Å². The maximum atomic E-state index is 12.4. The number of aryl methyl sites for hydroxylation is 1. The van der Waals surface area contributed by atoms with Gasteiger partial charge in [0.1, 0.15) is 5.84 Å². The summed E-state index contributed by atoms with van der Waals surface area (Å²) in [5, 5.41) is 0. The van der Waals surface area contributed by atoms with Crippen LogP contribution in [0.3, 0.4) is 0 Å². The van der Waals surface area contributed by atoms with Crippen molar-refractivity contribution in [3.05, 3.63) is 29.8 Å². The largest absolute Gasteiger partial charge is 0.368 e. The highest BCUT2D eigenvalue weighted by atomic mass is 79.9. The maximum Gasteiger partial charge on any atom is 0.283 e. The predicted octanol–water partition coefficient (Wildman–Crippen LogP) is 1.43. The fourth-order valence-electron chi connectivity index (χ4n) is 2.23. The molecule has 1 saturated heterocycles. The summed E-state index contributed by atoms with van der Waals surface area (Å²) >= 11 is 3.48. The van der Waals surface area contributed by atoms with Gasteiger partial charge >= 0.3 is 0 Å². The predicted molar refractivity (Wildman–Crippen MR) is 88.5 cm³/mol. The van der Waals surface area contributed by atoms with Gasteiger partial charge < -0.3 is 10.6 Å². The Morgan fingerprint density at radius 1 is 1.41 bits per heavy atom. The summed E-state index contributed by atoms with van der Waals surface area (Å²) in [6, 6.07) is 6.51. The van der Waals surface area contributed by atoms with Crippen LogP contribution < -0.4 is 5.73 Å². The summed E-state index contributed by atoms with van der Waals surface area (Å²) < 4.78 is 28.7. The zero-order chi connectivity index (χ0) is 16.3. The van der Waals surface area contributed by atoms with E-state index in [4.69, 9.17) is 5.73 Å². The van der Waals surface area contributed by atoms with Gasteiger partial charge in [0.05, 0.1) is 11.4 Å². The van der Waals surface area contributed by atoms with E-state index < -0.39 is 15.9 Å². The molecule has 120 valence electrons. The summed E-state index contributed by atoms with van der Waals surface area (Å²) in [6.07, 6.45) is 1.24. The Balaban J connectivity index is 2.31. The maximum absolute atomic E-state index is 12.4. The van der Waals surface area contributed by atoms with Crippen LogP contribution in [-0.2, 0) is 14.8 Å². The number of benzene rings is 1. The highest BCUT2D eigenvalue weighted by Gasteiger charge is 2.26. The number of amides is 1. The average molecular weight is 388 g/mol. The minimum Gasteiger partial charge on any atom is -0.368 e. The fraction of sp³-hybridized carbons (Fsp3) is 0.429. The van der Waals surface area contributed by atoms with Crippen molar-refractivity contribution in [2.75, 3.05) is 13.1 Å². The Labute approximate surface area is 138 Å². The standard InChI is InChI=1S/C14H18BrN3O3S/c1-10-2-5-12(6-3-10)22(20,21)17-14-7-4-11(15)8-18(14)9-13(16)19/h2-3,5-6,11H,4,7-9H2,1H3,(H2,16,19). The summed E-state index contributed by atoms with van der Waals surface area (Å²) in [7, 11) is -3.78. The number of rotatable bonds is 4. The van der Waals surface area contributed by atoms with Crippen molar-refractivity contribution in [1.82, 2.24) is 4.90 Å². The number of primary amides is 1. The number of nitrogens with zero attached hydrogens (tertiary/aromatic N) is 2. The highest BCUT2D eigenvalue weighted by molar-refractivity contribution is 9.09. The zero-order valence-corrected chi connectivity index (χ0v) is 14.6. The topological polar surface area (TPSA) is 92.8 Å². The molecule has 1 unspecified atom stereocenters. The van der Waals surface area contributed by atoms with Gasteiger partial charge in [0.15, 0.2) is 0 Å². The van der Waals surface area contributed by atoms with Gasteiger partial charge in [0.2, 0.25) is 5.91 Å². The van der Waals surface area contributed by atoms with E-state index in [1.54, 1.807) is 17.0 Å². The van der Waals surface area contributed by atoms with E-state index in [0.717, 1.165) is 12.0 Å². The summed E-state index contributed by atoms with van der Waals surface area (Å²) in [4.78, 5) is 13.1. The van der Waals surface area contributed by atoms with Gasteiger partial charge in [-0.3, -0.25) is 4.79 Å². The van der Waals surface area contributed by atoms with Gasteiger partial charge in [-0.05, 0) is 25.5 Å². The van der Waals surface area contributed by atoms with Gasteiger partial charge in [-0.15, -0.1) is 4.40 Å². The molecular formula is C14H18BrN3O3S. The number of likely N-dealkylation sites (tertiary alicyclic amines) is 1. The number of alkyl halides is 1. The summed E-state index contributed by atoms with van der Waals surface area (Å²) in [6.45, 7) is 2.35. The van der Waals surface area contributed by atoms with Crippen LogP contribution >= 0.6 is 15.9 Å². The van der Waals surface area contributed by atoms with E-state index in [2.05, 4.69) is 20.3 Å². The number of piperidine rings is 1. The fourth-order valence-corrected chi connectivity index (χ4v) is 3.88. The van der Waals surface area contributed by atoms with Gasteiger partial charge in [0.25, 0.3) is 10.0 Å². The minimum absolute atomic E-state index is 0.0374. The van der Waals surface area contributed by atoms with Gasteiger partial charge in [-0.25, -0.2) is 0 Å². The van der Waals surface area contributed by atoms with Crippen molar-refractivity contribution in [3.63, 3.8) is 0 Å². The molecule has 1 aromatic carbocycles. The van der Waals surface area contributed by atoms with Gasteiger partial charge in [-0.1, -0.05) is 33.6 Å². The SMILES string of the molecule is Cc1ccc(S(=O)(=O)N=C2CCC(Br)CN2CC(N)=O)cc1. The van der Waals surface area contributed by atoms with Crippen molar-refractivity contribution in [2.24, 2.45) is 10.1 Å². The molecule has 22 heavy (non-hydrogen) atoms. The molecule has 1 aromatic rings. The monoisotopic (exact) mass is 387 g/mol. The Morgan fingerprint density at radius 3 is 2.64 bits per heavy atom. The van der Waals surface area contributed by atoms with Crippen LogP contribution in [0.5, 0.6) is 0 Å². The number of carbonyl (C=O) groups excluding carboxylic acids is 1. The van der Waals surface area contributed by atoms with Crippen LogP contribution in [0.1, 0.15) is 18.4 Å². The van der Waals surface area contributed by atoms with Crippen LogP contribution in [0.25, 0.3) is 0 Å². The van der Waals surface area contributed by atoms with Gasteiger partial charge in [-0.2, -0.15) is 8.42 Å². The number of carbonyl (C=O) groups is 1. The molecule has 1 fully saturated rings. The Kier molecular flexibility index (Phi) is 5.23. The first-order chi connectivity index (χ1) is 10.3. The van der Waals surface area contributed by atoms with E-state index in [1.807, 2.05) is 6.92 Å². The lowest BCUT2D eigenvalue weighted by molar-refractivity contribution is -0.118. The number of amidine groups is 1. The Bertz CT molecular complexity index is 686. The van der Waals surface area contributed by atoms with Crippen LogP contribution in [0.4, 0.5) is 0 Å². The van der Waals surface area contributed by atoms with Crippen LogP contribution in [0.2, 0.25) is 0 Å². The van der Waals surface area contributed by atoms with E-state index in [9.17, 15) is 13.2 Å². The highest BCUT2D eigenvalue weighted by Crippen LogP contribution is 2.21. The molecule has 0 bridgehead atoms. The molecule has 0 radical (unpaired) electrons. The molecule has 0 saturated carbocycles. The van der Waals surface area contributed by atoms with Gasteiger partial charge in [0, 0.05) is 17.8 Å². The molecule has 1 aliphatic rings. The molecule has 1 atom stereocenters. The van der Waals surface area contributed by atoms with Crippen molar-refractivity contribution in [2.45, 2.75) is 29.5 Å². The van der Waals surface area contributed by atoms with Crippen LogP contribution in [-0.4, -0.2) is 43.0 Å². The third kappa shape index (κ3) is 4.30. The van der Waals surface area contributed by atoms with Crippen molar-refractivity contribution in [3.8, 4) is 0 Å². The van der Waals surface area contributed by atoms with Crippen LogP contribution in [0.15, 0.2) is 33.6 Å². The molecule has 2 rings (SSSR count). The summed E-state index contributed by atoms with van der Waals surface area (Å²) in [5.74, 6) is -0.128. The first kappa shape index (κ1) is 17.0. The lowest BCUT2D eigenvalue weighted by atomic mass is 10.1. The Hall–Kier alpha value is -1.41. The second-order valence-electron chi connectivity index (χ2n) is 5.28. The number of hydrogen-bond donors (Lipinski definition) is 1. The molecular weight excluding hydrogens is 370 g/mol. The summed E-state index contributed by atoms with van der Waals surface area (Å²) in [5.41, 5.74) is 6.20. The average Bonchev–Trinajstić information content (AvgIpc) is 2.41. The number of halogens is 1. The molecule has 0 aromatic heterocycles. The van der Waals surface area contributed by atoms with E-state index in [0.29, 0.717) is 18.8 Å². The first-order valence-corrected chi connectivity index (χ1v) is 9.21. The molecule has 1 amide bonds. The quantitative estimate of drug-likeness (QED) is 0.790. The number of sulfonamides is 1. The normalized spacial score (nSPS) is 21.1. The Morgan fingerprint density at radius 2 is 2.05 bits per heavy atom. The molecule has 2 N–H and O–H groups in total. The van der Waals surface area contributed by atoms with Crippen molar-refractivity contribution in [1.29, 1.82) is 0 Å². The first-order valence-electron chi connectivity index (χ1n) is 6.86. The number of nitrogens with two attached hydrogens (primary N) is 1. The number of hydrogen-bond acceptors (Lipinski definition) is 3. The van der Waals surface area contributed by atoms with Crippen molar-refractivity contribution < 1.29 is 13.2 Å². The third-order valence-electron chi connectivity index (χ3n) is 3.36. The van der Waals surface area contributed by atoms with Crippen molar-refractivity contribution >= 4 is 37.7 Å². The zero-order valence-electron chi connectivity index (χ0n) is 12.2. The molecule has 0 spiro atoms. The smallest absolute Gasteiger partial charge is 0.283 e. The molecule has 8 heteroatoms. The van der Waals surface area contributed by atoms with E-state index in [1.165, 1.54) is 12.1 Å².